The minimum absolute atomic E-state index is 0.345. The monoisotopic (exact) mass is 231 g/mol. The molecule has 2 heteroatoms. The third-order valence-electron chi connectivity index (χ3n) is 3.34. The molecule has 0 saturated carbocycles. The highest BCUT2D eigenvalue weighted by Crippen LogP contribution is 2.10. The fraction of sp³-hybridized carbons (Fsp3) is 0.533. The maximum absolute atomic E-state index is 12.0. The minimum Gasteiger partial charge on any atom is -0.298 e. The van der Waals surface area contributed by atoms with Crippen molar-refractivity contribution in [2.75, 3.05) is 19.6 Å². The second-order valence-corrected chi connectivity index (χ2v) is 4.89. The van der Waals surface area contributed by atoms with Crippen LogP contribution in [0.25, 0.3) is 0 Å². The summed E-state index contributed by atoms with van der Waals surface area (Å²) in [6, 6.07) is 10.0. The van der Waals surface area contributed by atoms with E-state index in [0.29, 0.717) is 18.7 Å². The number of ketones is 1. The summed E-state index contributed by atoms with van der Waals surface area (Å²) in [4.78, 5) is 14.3. The largest absolute Gasteiger partial charge is 0.298 e. The summed E-state index contributed by atoms with van der Waals surface area (Å²) in [5.74, 6) is 0.345. The van der Waals surface area contributed by atoms with Gasteiger partial charge in [-0.1, -0.05) is 43.2 Å². The Labute approximate surface area is 104 Å². The first-order valence-corrected chi connectivity index (χ1v) is 6.62. The van der Waals surface area contributed by atoms with Gasteiger partial charge in [-0.15, -0.1) is 0 Å². The highest BCUT2D eigenvalue weighted by atomic mass is 16.1. The standard InChI is InChI=1S/C15H21NO/c17-15(12-14-8-4-3-5-9-14)13-16-10-6-1-2-7-11-16/h3-5,8-9H,1-2,6-7,10-13H2. The van der Waals surface area contributed by atoms with E-state index in [1.54, 1.807) is 0 Å². The molecule has 1 aliphatic rings. The van der Waals surface area contributed by atoms with Crippen LogP contribution in [0, 0.1) is 0 Å². The van der Waals surface area contributed by atoms with Crippen LogP contribution < -0.4 is 0 Å². The molecular formula is C15H21NO. The number of carbonyl (C=O) groups is 1. The van der Waals surface area contributed by atoms with Crippen molar-refractivity contribution in [1.82, 2.24) is 4.90 Å². The third-order valence-corrected chi connectivity index (χ3v) is 3.34. The quantitative estimate of drug-likeness (QED) is 0.794. The maximum Gasteiger partial charge on any atom is 0.151 e. The van der Waals surface area contributed by atoms with Crippen LogP contribution >= 0.6 is 0 Å². The van der Waals surface area contributed by atoms with Gasteiger partial charge in [0, 0.05) is 6.42 Å². The van der Waals surface area contributed by atoms with Gasteiger partial charge in [-0.05, 0) is 31.5 Å². The Morgan fingerprint density at radius 1 is 1.00 bits per heavy atom. The summed E-state index contributed by atoms with van der Waals surface area (Å²) in [7, 11) is 0. The molecule has 0 atom stereocenters. The van der Waals surface area contributed by atoms with Crippen molar-refractivity contribution in [1.29, 1.82) is 0 Å². The van der Waals surface area contributed by atoms with E-state index < -0.39 is 0 Å². The molecule has 2 nitrogen and oxygen atoms in total. The second-order valence-electron chi connectivity index (χ2n) is 4.89. The van der Waals surface area contributed by atoms with Crippen LogP contribution in [0.15, 0.2) is 30.3 Å². The zero-order valence-corrected chi connectivity index (χ0v) is 10.4. The Morgan fingerprint density at radius 3 is 2.29 bits per heavy atom. The summed E-state index contributed by atoms with van der Waals surface area (Å²) in [6.07, 6.45) is 5.72. The van der Waals surface area contributed by atoms with Crippen molar-refractivity contribution in [3.05, 3.63) is 35.9 Å². The predicted octanol–water partition coefficient (Wildman–Crippen LogP) is 2.67. The van der Waals surface area contributed by atoms with E-state index in [9.17, 15) is 4.79 Å². The van der Waals surface area contributed by atoms with Gasteiger partial charge in [0.05, 0.1) is 6.54 Å². The van der Waals surface area contributed by atoms with Crippen molar-refractivity contribution >= 4 is 5.78 Å². The molecule has 0 amide bonds. The third kappa shape index (κ3) is 4.31. The van der Waals surface area contributed by atoms with E-state index >= 15 is 0 Å². The molecule has 1 aromatic carbocycles. The van der Waals surface area contributed by atoms with Gasteiger partial charge in [0.2, 0.25) is 0 Å². The first-order chi connectivity index (χ1) is 8.34. The summed E-state index contributed by atoms with van der Waals surface area (Å²) >= 11 is 0. The molecule has 0 aromatic heterocycles. The fourth-order valence-corrected chi connectivity index (χ4v) is 2.42. The van der Waals surface area contributed by atoms with Crippen molar-refractivity contribution in [3.8, 4) is 0 Å². The number of nitrogens with zero attached hydrogens (tertiary/aromatic N) is 1. The average molecular weight is 231 g/mol. The molecule has 0 N–H and O–H groups in total. The van der Waals surface area contributed by atoms with Gasteiger partial charge in [-0.2, -0.15) is 0 Å². The van der Waals surface area contributed by atoms with E-state index in [2.05, 4.69) is 4.90 Å². The molecule has 92 valence electrons. The maximum atomic E-state index is 12.0. The molecule has 0 aliphatic carbocycles. The zero-order chi connectivity index (χ0) is 11.9. The van der Waals surface area contributed by atoms with Crippen LogP contribution in [0.5, 0.6) is 0 Å². The number of carbonyl (C=O) groups excluding carboxylic acids is 1. The van der Waals surface area contributed by atoms with E-state index in [-0.39, 0.29) is 0 Å². The highest BCUT2D eigenvalue weighted by Gasteiger charge is 2.12. The minimum atomic E-state index is 0.345. The van der Waals surface area contributed by atoms with Crippen LogP contribution in [-0.2, 0) is 11.2 Å². The lowest BCUT2D eigenvalue weighted by atomic mass is 10.1. The molecular weight excluding hydrogens is 210 g/mol. The summed E-state index contributed by atoms with van der Waals surface area (Å²) in [5.41, 5.74) is 1.13. The lowest BCUT2D eigenvalue weighted by Crippen LogP contribution is -2.31. The van der Waals surface area contributed by atoms with Gasteiger partial charge in [-0.3, -0.25) is 9.69 Å². The molecule has 1 saturated heterocycles. The molecule has 1 aromatic rings. The Morgan fingerprint density at radius 2 is 1.65 bits per heavy atom. The molecule has 17 heavy (non-hydrogen) atoms. The van der Waals surface area contributed by atoms with Crippen molar-refractivity contribution in [3.63, 3.8) is 0 Å². The van der Waals surface area contributed by atoms with Crippen LogP contribution in [-0.4, -0.2) is 30.3 Å². The van der Waals surface area contributed by atoms with Crippen LogP contribution in [0.1, 0.15) is 31.2 Å². The van der Waals surface area contributed by atoms with E-state index in [1.807, 2.05) is 30.3 Å². The molecule has 0 spiro atoms. The van der Waals surface area contributed by atoms with Gasteiger partial charge in [0.25, 0.3) is 0 Å². The molecule has 1 heterocycles. The molecule has 1 aliphatic heterocycles. The molecule has 0 unspecified atom stereocenters. The normalized spacial score (nSPS) is 17.6. The number of benzene rings is 1. The Kier molecular flexibility index (Phi) is 4.75. The lowest BCUT2D eigenvalue weighted by Gasteiger charge is -2.18. The Bertz CT molecular complexity index is 339. The number of likely N-dealkylation sites (tertiary alicyclic amines) is 1. The highest BCUT2D eigenvalue weighted by molar-refractivity contribution is 5.82. The van der Waals surface area contributed by atoms with Crippen molar-refractivity contribution < 1.29 is 4.79 Å². The number of Topliss-reactive ketones (excluding diaryl/α,β-unsaturated/α-hetero) is 1. The van der Waals surface area contributed by atoms with Crippen molar-refractivity contribution in [2.45, 2.75) is 32.1 Å². The number of rotatable bonds is 4. The smallest absolute Gasteiger partial charge is 0.151 e. The van der Waals surface area contributed by atoms with Crippen LogP contribution in [0.3, 0.4) is 0 Å². The fourth-order valence-electron chi connectivity index (χ4n) is 2.42. The summed E-state index contributed by atoms with van der Waals surface area (Å²) in [6.45, 7) is 2.83. The van der Waals surface area contributed by atoms with E-state index in [0.717, 1.165) is 18.7 Å². The lowest BCUT2D eigenvalue weighted by molar-refractivity contribution is -0.119. The zero-order valence-electron chi connectivity index (χ0n) is 10.4. The molecule has 2 rings (SSSR count). The average Bonchev–Trinajstić information content (AvgIpc) is 2.59. The Balaban J connectivity index is 1.80. The van der Waals surface area contributed by atoms with Crippen molar-refractivity contribution in [2.24, 2.45) is 0 Å². The molecule has 0 radical (unpaired) electrons. The van der Waals surface area contributed by atoms with Gasteiger partial charge in [-0.25, -0.2) is 0 Å². The number of hydrogen-bond acceptors (Lipinski definition) is 2. The van der Waals surface area contributed by atoms with Gasteiger partial charge < -0.3 is 0 Å². The number of hydrogen-bond donors (Lipinski definition) is 0. The van der Waals surface area contributed by atoms with Gasteiger partial charge in [0.1, 0.15) is 0 Å². The Hall–Kier alpha value is -1.15. The SMILES string of the molecule is O=C(Cc1ccccc1)CN1CCCCCC1. The predicted molar refractivity (Wildman–Crippen MR) is 70.1 cm³/mol. The van der Waals surface area contributed by atoms with E-state index in [4.69, 9.17) is 0 Å². The molecule has 1 fully saturated rings. The summed E-state index contributed by atoms with van der Waals surface area (Å²) < 4.78 is 0. The summed E-state index contributed by atoms with van der Waals surface area (Å²) in [5, 5.41) is 0. The van der Waals surface area contributed by atoms with Gasteiger partial charge >= 0.3 is 0 Å². The second kappa shape index (κ2) is 6.55. The van der Waals surface area contributed by atoms with Crippen LogP contribution in [0.2, 0.25) is 0 Å². The van der Waals surface area contributed by atoms with Crippen LogP contribution in [0.4, 0.5) is 0 Å². The molecule has 0 bridgehead atoms. The first-order valence-electron chi connectivity index (χ1n) is 6.62. The first kappa shape index (κ1) is 12.3. The van der Waals surface area contributed by atoms with Gasteiger partial charge in [0.15, 0.2) is 5.78 Å². The van der Waals surface area contributed by atoms with E-state index in [1.165, 1.54) is 25.7 Å². The topological polar surface area (TPSA) is 20.3 Å².